The lowest BCUT2D eigenvalue weighted by Crippen LogP contribution is -2.43. The van der Waals surface area contributed by atoms with E-state index in [1.54, 1.807) is 6.92 Å². The molecule has 0 aromatic heterocycles. The second-order valence-corrected chi connectivity index (χ2v) is 7.82. The van der Waals surface area contributed by atoms with E-state index in [1.807, 2.05) is 0 Å². The second kappa shape index (κ2) is 6.83. The first kappa shape index (κ1) is 17.0. The summed E-state index contributed by atoms with van der Waals surface area (Å²) >= 11 is 5.88. The molecule has 0 saturated carbocycles. The molecule has 1 fully saturated rings. The van der Waals surface area contributed by atoms with Crippen molar-refractivity contribution < 1.29 is 17.6 Å². The number of hydrogen-bond donors (Lipinski definition) is 1. The topological polar surface area (TPSA) is 66.5 Å². The molecule has 1 N–H and O–H groups in total. The van der Waals surface area contributed by atoms with Gasteiger partial charge in [-0.15, -0.1) is 0 Å². The van der Waals surface area contributed by atoms with E-state index in [1.165, 1.54) is 23.1 Å². The molecule has 5 nitrogen and oxygen atoms in total. The molecule has 8 heteroatoms. The fourth-order valence-corrected chi connectivity index (χ4v) is 4.55. The fraction of sp³-hybridized carbons (Fsp3) is 0.500. The third-order valence-corrected chi connectivity index (χ3v) is 5.75. The number of carbonyl (C=O) groups excluding carboxylic acids is 1. The van der Waals surface area contributed by atoms with Gasteiger partial charge in [0.2, 0.25) is 5.91 Å². The molecule has 0 radical (unpaired) electrons. The molecule has 2 rings (SSSR count). The minimum atomic E-state index is -3.06. The molecule has 0 aliphatic carbocycles. The van der Waals surface area contributed by atoms with Gasteiger partial charge in [-0.05, 0) is 25.5 Å². The average Bonchev–Trinajstić information content (AvgIpc) is 2.79. The van der Waals surface area contributed by atoms with E-state index in [4.69, 9.17) is 11.6 Å². The van der Waals surface area contributed by atoms with E-state index in [9.17, 15) is 17.6 Å². The second-order valence-electron chi connectivity index (χ2n) is 5.19. The lowest BCUT2D eigenvalue weighted by molar-refractivity contribution is -0.130. The van der Waals surface area contributed by atoms with E-state index in [0.29, 0.717) is 13.0 Å². The Morgan fingerprint density at radius 2 is 2.23 bits per heavy atom. The van der Waals surface area contributed by atoms with E-state index in [-0.39, 0.29) is 40.7 Å². The highest BCUT2D eigenvalue weighted by molar-refractivity contribution is 7.91. The molecule has 1 aliphatic heterocycles. The number of para-hydroxylation sites is 1. The van der Waals surface area contributed by atoms with Gasteiger partial charge in [0.15, 0.2) is 9.84 Å². The quantitative estimate of drug-likeness (QED) is 0.883. The number of nitrogens with one attached hydrogen (secondary N) is 1. The minimum Gasteiger partial charge on any atom is -0.373 e. The largest absolute Gasteiger partial charge is 0.373 e. The highest BCUT2D eigenvalue weighted by Crippen LogP contribution is 2.24. The van der Waals surface area contributed by atoms with Crippen LogP contribution in [0, 0.1) is 5.82 Å². The number of carbonyl (C=O) groups is 1. The summed E-state index contributed by atoms with van der Waals surface area (Å²) < 4.78 is 36.7. The van der Waals surface area contributed by atoms with E-state index < -0.39 is 15.7 Å². The molecule has 1 aromatic carbocycles. The summed E-state index contributed by atoms with van der Waals surface area (Å²) in [6, 6.07) is 3.95. The predicted octanol–water partition coefficient (Wildman–Crippen LogP) is 1.93. The Kier molecular flexibility index (Phi) is 5.28. The minimum absolute atomic E-state index is 0.00691. The summed E-state index contributed by atoms with van der Waals surface area (Å²) in [4.78, 5) is 13.8. The van der Waals surface area contributed by atoms with E-state index in [0.717, 1.165) is 0 Å². The Labute approximate surface area is 134 Å². The first-order valence-electron chi connectivity index (χ1n) is 7.02. The van der Waals surface area contributed by atoms with Crippen molar-refractivity contribution in [3.63, 3.8) is 0 Å². The molecule has 1 aromatic rings. The number of rotatable bonds is 5. The number of benzene rings is 1. The lowest BCUT2D eigenvalue weighted by Gasteiger charge is -2.27. The number of amides is 1. The first-order chi connectivity index (χ1) is 10.3. The lowest BCUT2D eigenvalue weighted by atomic mass is 10.2. The smallest absolute Gasteiger partial charge is 0.242 e. The van der Waals surface area contributed by atoms with Crippen LogP contribution in [-0.2, 0) is 14.6 Å². The van der Waals surface area contributed by atoms with E-state index in [2.05, 4.69) is 5.32 Å². The van der Waals surface area contributed by atoms with Crippen molar-refractivity contribution >= 4 is 33.0 Å². The zero-order chi connectivity index (χ0) is 16.3. The van der Waals surface area contributed by atoms with Crippen LogP contribution < -0.4 is 5.32 Å². The van der Waals surface area contributed by atoms with Gasteiger partial charge in [-0.1, -0.05) is 17.7 Å². The van der Waals surface area contributed by atoms with Crippen molar-refractivity contribution in [1.29, 1.82) is 0 Å². The maximum Gasteiger partial charge on any atom is 0.242 e. The Bertz CT molecular complexity index is 646. The van der Waals surface area contributed by atoms with Gasteiger partial charge in [-0.25, -0.2) is 12.8 Å². The third-order valence-electron chi connectivity index (χ3n) is 3.69. The van der Waals surface area contributed by atoms with Crippen molar-refractivity contribution in [3.8, 4) is 0 Å². The molecule has 0 unspecified atom stereocenters. The maximum atomic E-state index is 13.6. The Hall–Kier alpha value is -1.34. The number of anilines is 1. The Morgan fingerprint density at radius 1 is 1.50 bits per heavy atom. The predicted molar refractivity (Wildman–Crippen MR) is 84.3 cm³/mol. The SMILES string of the molecule is CCN(C(=O)CNc1c(F)cccc1Cl)[C@@H]1CCS(=O)(=O)C1. The van der Waals surface area contributed by atoms with Gasteiger partial charge in [-0.2, -0.15) is 0 Å². The molecule has 122 valence electrons. The summed E-state index contributed by atoms with van der Waals surface area (Å²) in [6.45, 7) is 2.07. The highest BCUT2D eigenvalue weighted by atomic mass is 35.5. The van der Waals surface area contributed by atoms with Crippen molar-refractivity contribution in [3.05, 3.63) is 29.0 Å². The molecule has 22 heavy (non-hydrogen) atoms. The van der Waals surface area contributed by atoms with Crippen LogP contribution >= 0.6 is 11.6 Å². The monoisotopic (exact) mass is 348 g/mol. The summed E-state index contributed by atoms with van der Waals surface area (Å²) in [5, 5.41) is 2.89. The van der Waals surface area contributed by atoms with Gasteiger partial charge in [0.25, 0.3) is 0 Å². The normalized spacial score (nSPS) is 19.9. The number of halogens is 2. The molecule has 1 saturated heterocycles. The highest BCUT2D eigenvalue weighted by Gasteiger charge is 2.33. The Balaban J connectivity index is 2.01. The molecule has 1 aliphatic rings. The van der Waals surface area contributed by atoms with Crippen LogP contribution in [0.5, 0.6) is 0 Å². The van der Waals surface area contributed by atoms with Crippen molar-refractivity contribution in [2.24, 2.45) is 0 Å². The number of likely N-dealkylation sites (N-methyl/N-ethyl adjacent to an activating group) is 1. The first-order valence-corrected chi connectivity index (χ1v) is 9.21. The third kappa shape index (κ3) is 3.89. The molecule has 0 bridgehead atoms. The standard InChI is InChI=1S/C14H18ClFN2O3S/c1-2-18(10-6-7-22(20,21)9-10)13(19)8-17-14-11(15)4-3-5-12(14)16/h3-5,10,17H,2,6-9H2,1H3/t10-/m1/s1. The van der Waals surface area contributed by atoms with Gasteiger partial charge in [0, 0.05) is 12.6 Å². The molecule has 1 atom stereocenters. The van der Waals surface area contributed by atoms with Crippen LogP contribution in [0.2, 0.25) is 5.02 Å². The maximum absolute atomic E-state index is 13.6. The summed E-state index contributed by atoms with van der Waals surface area (Å²) in [5.41, 5.74) is 0.0765. The fourth-order valence-electron chi connectivity index (χ4n) is 2.59. The average molecular weight is 349 g/mol. The summed E-state index contributed by atoms with van der Waals surface area (Å²) in [7, 11) is -3.06. The van der Waals surface area contributed by atoms with E-state index >= 15 is 0 Å². The van der Waals surface area contributed by atoms with Crippen molar-refractivity contribution in [2.75, 3.05) is 29.9 Å². The van der Waals surface area contributed by atoms with Crippen LogP contribution in [0.15, 0.2) is 18.2 Å². The molecular weight excluding hydrogens is 331 g/mol. The van der Waals surface area contributed by atoms with Crippen LogP contribution in [0.4, 0.5) is 10.1 Å². The van der Waals surface area contributed by atoms with Crippen molar-refractivity contribution in [1.82, 2.24) is 4.90 Å². The van der Waals surface area contributed by atoms with Gasteiger partial charge in [0.05, 0.1) is 28.8 Å². The zero-order valence-corrected chi connectivity index (χ0v) is 13.8. The Morgan fingerprint density at radius 3 is 2.77 bits per heavy atom. The van der Waals surface area contributed by atoms with Gasteiger partial charge >= 0.3 is 0 Å². The van der Waals surface area contributed by atoms with Gasteiger partial charge in [-0.3, -0.25) is 4.79 Å². The van der Waals surface area contributed by atoms with Crippen molar-refractivity contribution in [2.45, 2.75) is 19.4 Å². The molecule has 1 heterocycles. The molecule has 0 spiro atoms. The van der Waals surface area contributed by atoms with Crippen LogP contribution in [0.3, 0.4) is 0 Å². The molecular formula is C14H18ClFN2O3S. The van der Waals surface area contributed by atoms with Crippen LogP contribution in [-0.4, -0.2) is 49.9 Å². The van der Waals surface area contributed by atoms with Crippen LogP contribution in [0.25, 0.3) is 0 Å². The summed E-state index contributed by atoms with van der Waals surface area (Å²) in [6.07, 6.45) is 0.447. The number of hydrogen-bond acceptors (Lipinski definition) is 4. The van der Waals surface area contributed by atoms with Gasteiger partial charge < -0.3 is 10.2 Å². The molecule has 1 amide bonds. The summed E-state index contributed by atoms with van der Waals surface area (Å²) in [5.74, 6) is -0.711. The zero-order valence-electron chi connectivity index (χ0n) is 12.2. The van der Waals surface area contributed by atoms with Crippen LogP contribution in [0.1, 0.15) is 13.3 Å². The number of sulfone groups is 1. The van der Waals surface area contributed by atoms with Gasteiger partial charge in [0.1, 0.15) is 5.82 Å². The number of nitrogens with zero attached hydrogens (tertiary/aromatic N) is 1.